The van der Waals surface area contributed by atoms with Gasteiger partial charge in [0.25, 0.3) is 5.91 Å². The quantitative estimate of drug-likeness (QED) is 0.414. The predicted molar refractivity (Wildman–Crippen MR) is 58.5 cm³/mol. The number of rotatable bonds is 1. The molecular weight excluding hydrogens is 188 g/mol. The maximum absolute atomic E-state index is 11.3. The third kappa shape index (κ3) is 2.33. The van der Waals surface area contributed by atoms with E-state index >= 15 is 0 Å². The van der Waals surface area contributed by atoms with Gasteiger partial charge >= 0.3 is 0 Å². The van der Waals surface area contributed by atoms with Crippen LogP contribution in [-0.2, 0) is 6.42 Å². The van der Waals surface area contributed by atoms with Crippen molar-refractivity contribution in [1.82, 2.24) is 5.43 Å². The minimum absolute atomic E-state index is 0.283. The van der Waals surface area contributed by atoms with Gasteiger partial charge in [-0.05, 0) is 29.7 Å². The zero-order valence-corrected chi connectivity index (χ0v) is 8.23. The lowest BCUT2D eigenvalue weighted by atomic mass is 10.2. The average Bonchev–Trinajstić information content (AvgIpc) is 3.00. The Morgan fingerprint density at radius 2 is 1.67 bits per heavy atom. The summed E-state index contributed by atoms with van der Waals surface area (Å²) in [6.45, 7) is 0. The van der Waals surface area contributed by atoms with E-state index in [1.54, 1.807) is 12.1 Å². The maximum atomic E-state index is 11.3. The molecule has 2 rings (SSSR count). The monoisotopic (exact) mass is 200 g/mol. The molecule has 0 atom stereocenters. The maximum Gasteiger partial charge on any atom is 0.265 e. The Balaban J connectivity index is 2.43. The number of carbonyl (C=O) groups is 1. The average molecular weight is 200 g/mol. The van der Waals surface area contributed by atoms with Crippen molar-refractivity contribution in [2.24, 2.45) is 5.84 Å². The second kappa shape index (κ2) is 4.11. The molecular formula is C12H12N2O. The fourth-order valence-electron chi connectivity index (χ4n) is 1.38. The second-order valence-electron chi connectivity index (χ2n) is 3.40. The molecule has 76 valence electrons. The third-order valence-corrected chi connectivity index (χ3v) is 2.32. The van der Waals surface area contributed by atoms with Gasteiger partial charge in [-0.3, -0.25) is 10.2 Å². The highest BCUT2D eigenvalue weighted by Crippen LogP contribution is 2.24. The van der Waals surface area contributed by atoms with Crippen molar-refractivity contribution in [3.63, 3.8) is 0 Å². The van der Waals surface area contributed by atoms with Gasteiger partial charge in [0.05, 0.1) is 0 Å². The minimum Gasteiger partial charge on any atom is -0.290 e. The van der Waals surface area contributed by atoms with Crippen LogP contribution in [-0.4, -0.2) is 5.91 Å². The Labute approximate surface area is 88.2 Å². The van der Waals surface area contributed by atoms with E-state index in [-0.39, 0.29) is 5.91 Å². The molecule has 0 aliphatic heterocycles. The van der Waals surface area contributed by atoms with E-state index in [0.29, 0.717) is 5.56 Å². The SMILES string of the molecule is NNC(=O)c1ccccc2c(ccc1)C2. The Hall–Kier alpha value is -1.87. The topological polar surface area (TPSA) is 55.1 Å². The number of hydrogen-bond donors (Lipinski definition) is 2. The number of carbonyl (C=O) groups excluding carboxylic acids is 1. The first-order valence-corrected chi connectivity index (χ1v) is 4.77. The molecule has 0 spiro atoms. The Morgan fingerprint density at radius 1 is 1.07 bits per heavy atom. The molecule has 1 aromatic rings. The lowest BCUT2D eigenvalue weighted by Crippen LogP contribution is -2.29. The molecule has 1 amide bonds. The Bertz CT molecular complexity index is 453. The van der Waals surface area contributed by atoms with Crippen molar-refractivity contribution in [2.45, 2.75) is 6.42 Å². The number of hydrogen-bond acceptors (Lipinski definition) is 2. The highest BCUT2D eigenvalue weighted by atomic mass is 16.2. The Kier molecular flexibility index (Phi) is 2.65. The molecule has 0 heterocycles. The van der Waals surface area contributed by atoms with Gasteiger partial charge in [-0.15, -0.1) is 0 Å². The van der Waals surface area contributed by atoms with Crippen LogP contribution in [0.25, 0.3) is 0 Å². The van der Waals surface area contributed by atoms with Gasteiger partial charge in [0.15, 0.2) is 0 Å². The molecule has 3 heteroatoms. The lowest BCUT2D eigenvalue weighted by molar-refractivity contribution is 0.0953. The van der Waals surface area contributed by atoms with Crippen LogP contribution >= 0.6 is 0 Å². The van der Waals surface area contributed by atoms with Crippen LogP contribution in [0.2, 0.25) is 0 Å². The van der Waals surface area contributed by atoms with Crippen LogP contribution in [0.1, 0.15) is 21.5 Å². The molecule has 3 nitrogen and oxygen atoms in total. The molecule has 0 saturated carbocycles. The normalized spacial score (nSPS) is 11.0. The number of nitrogen functional groups attached to an aromatic ring is 1. The molecule has 1 aliphatic rings. The zero-order chi connectivity index (χ0) is 10.7. The first kappa shape index (κ1) is 9.68. The van der Waals surface area contributed by atoms with E-state index in [1.165, 1.54) is 11.1 Å². The molecule has 0 radical (unpaired) electrons. The van der Waals surface area contributed by atoms with E-state index < -0.39 is 0 Å². The highest BCUT2D eigenvalue weighted by molar-refractivity contribution is 5.93. The standard InChI is InChI=1S/C12H12N2O/c13-14-12(15)9-4-1-2-5-10-8-11(10)7-3-6-9/h1-7H,8,13H2,(H,14,15). The van der Waals surface area contributed by atoms with Gasteiger partial charge in [0.2, 0.25) is 0 Å². The summed E-state index contributed by atoms with van der Waals surface area (Å²) in [5.74, 6) is 4.79. The second-order valence-corrected chi connectivity index (χ2v) is 3.40. The number of hydrazine groups is 1. The third-order valence-electron chi connectivity index (χ3n) is 2.32. The molecule has 0 saturated heterocycles. The molecule has 1 aliphatic carbocycles. The van der Waals surface area contributed by atoms with Gasteiger partial charge in [-0.25, -0.2) is 5.84 Å². The van der Waals surface area contributed by atoms with Gasteiger partial charge in [0, 0.05) is 5.56 Å². The number of nitrogens with two attached hydrogens (primary N) is 1. The molecule has 1 aromatic carbocycles. The molecule has 3 N–H and O–H groups in total. The van der Waals surface area contributed by atoms with Crippen LogP contribution in [0.3, 0.4) is 0 Å². The van der Waals surface area contributed by atoms with Crippen LogP contribution < -0.4 is 11.3 Å². The molecule has 15 heavy (non-hydrogen) atoms. The van der Waals surface area contributed by atoms with Crippen LogP contribution in [0.4, 0.5) is 0 Å². The fourth-order valence-corrected chi connectivity index (χ4v) is 1.38. The number of nitrogens with one attached hydrogen (secondary N) is 1. The van der Waals surface area contributed by atoms with E-state index in [4.69, 9.17) is 5.84 Å². The molecule has 0 unspecified atom stereocenters. The Morgan fingerprint density at radius 3 is 2.40 bits per heavy atom. The van der Waals surface area contributed by atoms with Crippen molar-refractivity contribution in [2.75, 3.05) is 0 Å². The summed E-state index contributed by atoms with van der Waals surface area (Å²) in [5.41, 5.74) is 5.34. The van der Waals surface area contributed by atoms with Crippen LogP contribution in [0, 0.1) is 0 Å². The van der Waals surface area contributed by atoms with Crippen LogP contribution in [0.15, 0.2) is 42.5 Å². The zero-order valence-electron chi connectivity index (χ0n) is 8.23. The summed E-state index contributed by atoms with van der Waals surface area (Å²) in [6, 6.07) is 13.2. The summed E-state index contributed by atoms with van der Waals surface area (Å²) in [7, 11) is 0. The lowest BCUT2D eigenvalue weighted by Gasteiger charge is -1.94. The summed E-state index contributed by atoms with van der Waals surface area (Å²) < 4.78 is 0. The van der Waals surface area contributed by atoms with Gasteiger partial charge < -0.3 is 0 Å². The van der Waals surface area contributed by atoms with Gasteiger partial charge in [0.1, 0.15) is 0 Å². The summed E-state index contributed by atoms with van der Waals surface area (Å²) in [6.07, 6.45) is 1.05. The smallest absolute Gasteiger partial charge is 0.265 e. The van der Waals surface area contributed by atoms with Gasteiger partial charge in [-0.1, -0.05) is 30.3 Å². The fraction of sp³-hybridized carbons (Fsp3) is 0.0833. The number of amides is 1. The summed E-state index contributed by atoms with van der Waals surface area (Å²) in [5, 5.41) is 0. The van der Waals surface area contributed by atoms with E-state index in [2.05, 4.69) is 11.5 Å². The number of fused-ring (bicyclic) bond motifs is 1. The molecule has 0 aromatic heterocycles. The van der Waals surface area contributed by atoms with Crippen molar-refractivity contribution >= 4 is 5.91 Å². The summed E-state index contributed by atoms with van der Waals surface area (Å²) in [4.78, 5) is 11.3. The summed E-state index contributed by atoms with van der Waals surface area (Å²) >= 11 is 0. The molecule has 0 bridgehead atoms. The largest absolute Gasteiger partial charge is 0.290 e. The van der Waals surface area contributed by atoms with Crippen molar-refractivity contribution in [3.8, 4) is 0 Å². The molecule has 0 fully saturated rings. The minimum atomic E-state index is -0.283. The predicted octanol–water partition coefficient (Wildman–Crippen LogP) is 1.32. The van der Waals surface area contributed by atoms with E-state index in [9.17, 15) is 4.79 Å². The van der Waals surface area contributed by atoms with E-state index in [1.807, 2.05) is 24.3 Å². The van der Waals surface area contributed by atoms with Crippen LogP contribution in [0.5, 0.6) is 0 Å². The van der Waals surface area contributed by atoms with Crippen molar-refractivity contribution in [1.29, 1.82) is 0 Å². The van der Waals surface area contributed by atoms with Crippen molar-refractivity contribution < 1.29 is 4.79 Å². The van der Waals surface area contributed by atoms with E-state index in [0.717, 1.165) is 6.42 Å². The first-order chi connectivity index (χ1) is 7.31. The highest BCUT2D eigenvalue weighted by Gasteiger charge is 2.11. The first-order valence-electron chi connectivity index (χ1n) is 4.77. The van der Waals surface area contributed by atoms with Crippen molar-refractivity contribution in [3.05, 3.63) is 59.2 Å². The van der Waals surface area contributed by atoms with Gasteiger partial charge in [-0.2, -0.15) is 0 Å².